The Morgan fingerprint density at radius 1 is 1.13 bits per heavy atom. The van der Waals surface area contributed by atoms with Crippen molar-refractivity contribution in [3.8, 4) is 5.75 Å². The van der Waals surface area contributed by atoms with E-state index in [0.29, 0.717) is 18.1 Å². The monoisotopic (exact) mass is 426 g/mol. The number of ether oxygens (including phenoxy) is 1. The SMILES string of the molecule is Cc1cc(Cl)ccc1OCCCC(=O)NNC(=O)C(c1ccccc1)n1cccn1. The maximum Gasteiger partial charge on any atom is 0.267 e. The normalized spacial score (nSPS) is 11.5. The third kappa shape index (κ3) is 5.84. The largest absolute Gasteiger partial charge is 0.493 e. The van der Waals surface area contributed by atoms with Gasteiger partial charge in [-0.1, -0.05) is 41.9 Å². The van der Waals surface area contributed by atoms with E-state index in [1.807, 2.05) is 43.3 Å². The van der Waals surface area contributed by atoms with Gasteiger partial charge in [0.2, 0.25) is 5.91 Å². The number of carbonyl (C=O) groups is 2. The minimum atomic E-state index is -0.683. The summed E-state index contributed by atoms with van der Waals surface area (Å²) in [7, 11) is 0. The lowest BCUT2D eigenvalue weighted by molar-refractivity contribution is -0.130. The number of amides is 2. The van der Waals surface area contributed by atoms with Crippen LogP contribution in [0.25, 0.3) is 0 Å². The molecule has 0 spiro atoms. The fraction of sp³-hybridized carbons (Fsp3) is 0.227. The highest BCUT2D eigenvalue weighted by Crippen LogP contribution is 2.22. The summed E-state index contributed by atoms with van der Waals surface area (Å²) >= 11 is 5.93. The number of rotatable bonds is 8. The smallest absolute Gasteiger partial charge is 0.267 e. The van der Waals surface area contributed by atoms with Gasteiger partial charge in [0.15, 0.2) is 6.04 Å². The van der Waals surface area contributed by atoms with Crippen LogP contribution in [0.4, 0.5) is 0 Å². The lowest BCUT2D eigenvalue weighted by Crippen LogP contribution is -2.45. The van der Waals surface area contributed by atoms with E-state index in [4.69, 9.17) is 16.3 Å². The Morgan fingerprint density at radius 3 is 2.63 bits per heavy atom. The van der Waals surface area contributed by atoms with Crippen molar-refractivity contribution in [2.45, 2.75) is 25.8 Å². The van der Waals surface area contributed by atoms with Crippen molar-refractivity contribution < 1.29 is 14.3 Å². The second-order valence-corrected chi connectivity index (χ2v) is 7.13. The minimum absolute atomic E-state index is 0.213. The molecular weight excluding hydrogens is 404 g/mol. The average Bonchev–Trinajstić information content (AvgIpc) is 3.26. The summed E-state index contributed by atoms with van der Waals surface area (Å²) in [5.74, 6) is 0.0522. The number of hydrogen-bond donors (Lipinski definition) is 2. The summed E-state index contributed by atoms with van der Waals surface area (Å²) in [6.45, 7) is 2.29. The van der Waals surface area contributed by atoms with Gasteiger partial charge in [-0.3, -0.25) is 25.1 Å². The minimum Gasteiger partial charge on any atom is -0.493 e. The molecule has 0 aliphatic carbocycles. The summed E-state index contributed by atoms with van der Waals surface area (Å²) in [4.78, 5) is 24.8. The molecule has 2 amide bonds. The summed E-state index contributed by atoms with van der Waals surface area (Å²) in [6, 6.07) is 15.7. The number of aryl methyl sites for hydroxylation is 1. The highest BCUT2D eigenvalue weighted by molar-refractivity contribution is 6.30. The van der Waals surface area contributed by atoms with Crippen LogP contribution in [-0.2, 0) is 9.59 Å². The third-order valence-corrected chi connectivity index (χ3v) is 4.66. The number of benzene rings is 2. The van der Waals surface area contributed by atoms with E-state index in [2.05, 4.69) is 16.0 Å². The van der Waals surface area contributed by atoms with Gasteiger partial charge in [0.1, 0.15) is 5.75 Å². The third-order valence-electron chi connectivity index (χ3n) is 4.42. The number of halogens is 1. The van der Waals surface area contributed by atoms with Gasteiger partial charge < -0.3 is 4.74 Å². The molecule has 1 atom stereocenters. The van der Waals surface area contributed by atoms with E-state index in [1.54, 1.807) is 35.3 Å². The first-order valence-electron chi connectivity index (χ1n) is 9.56. The number of nitrogens with one attached hydrogen (secondary N) is 2. The standard InChI is InChI=1S/C22H23ClN4O3/c1-16-15-18(23)10-11-19(16)30-14-5-9-20(28)25-26-22(29)21(27-13-6-12-24-27)17-7-3-2-4-8-17/h2-4,6-8,10-13,15,21H,5,9,14H2,1H3,(H,25,28)(H,26,29). The molecule has 156 valence electrons. The molecule has 1 heterocycles. The van der Waals surface area contributed by atoms with E-state index >= 15 is 0 Å². The summed E-state index contributed by atoms with van der Waals surface area (Å²) in [5, 5.41) is 4.81. The molecule has 30 heavy (non-hydrogen) atoms. The molecule has 0 radical (unpaired) electrons. The van der Waals surface area contributed by atoms with Crippen LogP contribution >= 0.6 is 11.6 Å². The number of carbonyl (C=O) groups excluding carboxylic acids is 2. The zero-order valence-corrected chi connectivity index (χ0v) is 17.3. The molecule has 1 aromatic heterocycles. The number of nitrogens with zero attached hydrogens (tertiary/aromatic N) is 2. The van der Waals surface area contributed by atoms with Crippen LogP contribution < -0.4 is 15.6 Å². The zero-order chi connectivity index (χ0) is 21.3. The molecule has 0 fully saturated rings. The number of hydrazine groups is 1. The summed E-state index contributed by atoms with van der Waals surface area (Å²) < 4.78 is 7.22. The van der Waals surface area contributed by atoms with Gasteiger partial charge in [0, 0.05) is 23.8 Å². The Hall–Kier alpha value is -3.32. The number of aromatic nitrogens is 2. The molecule has 8 heteroatoms. The highest BCUT2D eigenvalue weighted by atomic mass is 35.5. The molecular formula is C22H23ClN4O3. The van der Waals surface area contributed by atoms with Crippen molar-refractivity contribution >= 4 is 23.4 Å². The van der Waals surface area contributed by atoms with Crippen LogP contribution in [0.5, 0.6) is 5.75 Å². The Morgan fingerprint density at radius 2 is 1.93 bits per heavy atom. The zero-order valence-electron chi connectivity index (χ0n) is 16.5. The van der Waals surface area contributed by atoms with Gasteiger partial charge in [-0.15, -0.1) is 0 Å². The first-order valence-corrected chi connectivity index (χ1v) is 9.94. The quantitative estimate of drug-likeness (QED) is 0.427. The molecule has 2 aromatic carbocycles. The van der Waals surface area contributed by atoms with Crippen molar-refractivity contribution in [3.05, 3.63) is 83.1 Å². The van der Waals surface area contributed by atoms with Crippen LogP contribution in [0.2, 0.25) is 5.02 Å². The van der Waals surface area contributed by atoms with Crippen molar-refractivity contribution in [1.29, 1.82) is 0 Å². The molecule has 3 aromatic rings. The van der Waals surface area contributed by atoms with Crippen LogP contribution in [-0.4, -0.2) is 28.2 Å². The Kier molecular flexibility index (Phi) is 7.45. The Labute approximate surface area is 180 Å². The van der Waals surface area contributed by atoms with Crippen molar-refractivity contribution in [2.75, 3.05) is 6.61 Å². The van der Waals surface area contributed by atoms with E-state index < -0.39 is 6.04 Å². The molecule has 0 saturated heterocycles. The second kappa shape index (κ2) is 10.5. The van der Waals surface area contributed by atoms with E-state index in [1.165, 1.54) is 0 Å². The van der Waals surface area contributed by atoms with E-state index in [9.17, 15) is 9.59 Å². The predicted octanol–water partition coefficient (Wildman–Crippen LogP) is 3.44. The lowest BCUT2D eigenvalue weighted by Gasteiger charge is -2.18. The van der Waals surface area contributed by atoms with Gasteiger partial charge in [-0.2, -0.15) is 5.10 Å². The molecule has 2 N–H and O–H groups in total. The average molecular weight is 427 g/mol. The fourth-order valence-electron chi connectivity index (χ4n) is 2.94. The van der Waals surface area contributed by atoms with Gasteiger partial charge in [0.25, 0.3) is 5.91 Å². The van der Waals surface area contributed by atoms with Crippen LogP contribution in [0.3, 0.4) is 0 Å². The van der Waals surface area contributed by atoms with E-state index in [0.717, 1.165) is 16.9 Å². The number of hydrogen-bond acceptors (Lipinski definition) is 4. The van der Waals surface area contributed by atoms with Crippen LogP contribution in [0.1, 0.15) is 30.0 Å². The molecule has 0 aliphatic heterocycles. The highest BCUT2D eigenvalue weighted by Gasteiger charge is 2.23. The molecule has 0 aliphatic rings. The molecule has 3 rings (SSSR count). The summed E-state index contributed by atoms with van der Waals surface area (Å²) in [6.07, 6.45) is 4.02. The van der Waals surface area contributed by atoms with Crippen molar-refractivity contribution in [2.24, 2.45) is 0 Å². The molecule has 0 bridgehead atoms. The Balaban J connectivity index is 1.46. The van der Waals surface area contributed by atoms with Gasteiger partial charge in [-0.05, 0) is 48.7 Å². The van der Waals surface area contributed by atoms with E-state index in [-0.39, 0.29) is 18.2 Å². The predicted molar refractivity (Wildman–Crippen MR) is 114 cm³/mol. The van der Waals surface area contributed by atoms with Crippen LogP contribution in [0, 0.1) is 6.92 Å². The first-order chi connectivity index (χ1) is 14.5. The van der Waals surface area contributed by atoms with Crippen LogP contribution in [0.15, 0.2) is 67.0 Å². The lowest BCUT2D eigenvalue weighted by atomic mass is 10.1. The molecule has 0 saturated carbocycles. The van der Waals surface area contributed by atoms with Crippen molar-refractivity contribution in [3.63, 3.8) is 0 Å². The van der Waals surface area contributed by atoms with Gasteiger partial charge in [-0.25, -0.2) is 0 Å². The first kappa shape index (κ1) is 21.4. The maximum atomic E-state index is 12.7. The maximum absolute atomic E-state index is 12.7. The Bertz CT molecular complexity index is 977. The molecule has 7 nitrogen and oxygen atoms in total. The van der Waals surface area contributed by atoms with Gasteiger partial charge >= 0.3 is 0 Å². The van der Waals surface area contributed by atoms with Gasteiger partial charge in [0.05, 0.1) is 6.61 Å². The fourth-order valence-corrected chi connectivity index (χ4v) is 3.17. The van der Waals surface area contributed by atoms with Crippen molar-refractivity contribution in [1.82, 2.24) is 20.6 Å². The topological polar surface area (TPSA) is 85.3 Å². The summed E-state index contributed by atoms with van der Waals surface area (Å²) in [5.41, 5.74) is 6.65. The second-order valence-electron chi connectivity index (χ2n) is 6.70. The molecule has 1 unspecified atom stereocenters.